The Balaban J connectivity index is 1.65. The standard InChI is InChI=1S/C21H14N4O2S/c1-13-6-8-15(9-7-13)24-25-17(11-22)20-23-18(12-28-20)16-10-14-4-2-3-5-19(14)27-21(16)26/h2-10,12,24H,1H3/b25-17-. The Bertz CT molecular complexity index is 1280. The third-order valence-electron chi connectivity index (χ3n) is 4.08. The van der Waals surface area contributed by atoms with Crippen LogP contribution in [-0.4, -0.2) is 10.7 Å². The van der Waals surface area contributed by atoms with Gasteiger partial charge in [-0.1, -0.05) is 35.9 Å². The molecule has 4 aromatic rings. The van der Waals surface area contributed by atoms with Gasteiger partial charge in [-0.25, -0.2) is 9.78 Å². The van der Waals surface area contributed by atoms with Gasteiger partial charge in [0.05, 0.1) is 16.9 Å². The number of aromatic nitrogens is 1. The topological polar surface area (TPSA) is 91.3 Å². The van der Waals surface area contributed by atoms with Crippen molar-refractivity contribution < 1.29 is 4.42 Å². The van der Waals surface area contributed by atoms with Gasteiger partial charge in [-0.05, 0) is 31.2 Å². The molecule has 0 fully saturated rings. The van der Waals surface area contributed by atoms with Gasteiger partial charge >= 0.3 is 5.63 Å². The molecular formula is C21H14N4O2S. The fourth-order valence-corrected chi connectivity index (χ4v) is 3.37. The number of para-hydroxylation sites is 1. The van der Waals surface area contributed by atoms with E-state index in [4.69, 9.17) is 4.42 Å². The van der Waals surface area contributed by atoms with Crippen molar-refractivity contribution in [3.05, 3.63) is 81.0 Å². The van der Waals surface area contributed by atoms with E-state index in [0.717, 1.165) is 16.6 Å². The van der Waals surface area contributed by atoms with Crippen molar-refractivity contribution in [3.63, 3.8) is 0 Å². The van der Waals surface area contributed by atoms with E-state index in [0.29, 0.717) is 21.8 Å². The average molecular weight is 386 g/mol. The van der Waals surface area contributed by atoms with E-state index in [1.165, 1.54) is 11.3 Å². The molecule has 4 rings (SSSR count). The maximum absolute atomic E-state index is 12.3. The van der Waals surface area contributed by atoms with Crippen molar-refractivity contribution in [2.75, 3.05) is 5.43 Å². The van der Waals surface area contributed by atoms with Crippen LogP contribution in [0.3, 0.4) is 0 Å². The molecular weight excluding hydrogens is 372 g/mol. The molecule has 0 unspecified atom stereocenters. The van der Waals surface area contributed by atoms with Gasteiger partial charge in [-0.15, -0.1) is 11.3 Å². The lowest BCUT2D eigenvalue weighted by atomic mass is 10.1. The van der Waals surface area contributed by atoms with Crippen LogP contribution in [0.2, 0.25) is 0 Å². The number of hydrogen-bond donors (Lipinski definition) is 1. The number of hydrazone groups is 1. The Hall–Kier alpha value is -3.76. The smallest absolute Gasteiger partial charge is 0.345 e. The molecule has 6 nitrogen and oxygen atoms in total. The van der Waals surface area contributed by atoms with Crippen LogP contribution in [0.25, 0.3) is 22.2 Å². The van der Waals surface area contributed by atoms with E-state index >= 15 is 0 Å². The highest BCUT2D eigenvalue weighted by molar-refractivity contribution is 7.12. The zero-order valence-electron chi connectivity index (χ0n) is 14.8. The van der Waals surface area contributed by atoms with Crippen LogP contribution >= 0.6 is 11.3 Å². The van der Waals surface area contributed by atoms with E-state index in [1.54, 1.807) is 17.5 Å². The summed E-state index contributed by atoms with van der Waals surface area (Å²) in [6, 6.07) is 18.7. The van der Waals surface area contributed by atoms with E-state index in [2.05, 4.69) is 15.5 Å². The number of rotatable bonds is 4. The van der Waals surface area contributed by atoms with E-state index in [1.807, 2.05) is 55.5 Å². The highest BCUT2D eigenvalue weighted by atomic mass is 32.1. The lowest BCUT2D eigenvalue weighted by Crippen LogP contribution is -2.04. The second kappa shape index (κ2) is 7.47. The summed E-state index contributed by atoms with van der Waals surface area (Å²) in [5, 5.41) is 16.5. The average Bonchev–Trinajstić information content (AvgIpc) is 3.19. The summed E-state index contributed by atoms with van der Waals surface area (Å²) in [5.41, 5.74) is 5.76. The number of nitriles is 1. The van der Waals surface area contributed by atoms with Gasteiger partial charge in [0, 0.05) is 10.8 Å². The number of thiazole rings is 1. The molecule has 2 aromatic heterocycles. The Kier molecular flexibility index (Phi) is 4.70. The van der Waals surface area contributed by atoms with Gasteiger partial charge in [0.2, 0.25) is 0 Å². The maximum Gasteiger partial charge on any atom is 0.345 e. The molecule has 0 aliphatic heterocycles. The Morgan fingerprint density at radius 2 is 2.00 bits per heavy atom. The zero-order valence-corrected chi connectivity index (χ0v) is 15.7. The number of hydrogen-bond acceptors (Lipinski definition) is 7. The minimum atomic E-state index is -0.469. The predicted octanol–water partition coefficient (Wildman–Crippen LogP) is 4.56. The first-order valence-corrected chi connectivity index (χ1v) is 9.31. The van der Waals surface area contributed by atoms with Crippen LogP contribution in [0.15, 0.2) is 74.3 Å². The van der Waals surface area contributed by atoms with Gasteiger partial charge in [0.25, 0.3) is 0 Å². The second-order valence-corrected chi connectivity index (χ2v) is 6.93. The molecule has 0 aliphatic rings. The van der Waals surface area contributed by atoms with Crippen molar-refractivity contribution in [1.82, 2.24) is 4.98 Å². The minimum absolute atomic E-state index is 0.141. The van der Waals surface area contributed by atoms with Gasteiger partial charge in [-0.3, -0.25) is 5.43 Å². The number of nitrogens with one attached hydrogen (secondary N) is 1. The van der Waals surface area contributed by atoms with Crippen molar-refractivity contribution in [3.8, 4) is 17.3 Å². The van der Waals surface area contributed by atoms with Gasteiger partial charge in [0.15, 0.2) is 10.7 Å². The van der Waals surface area contributed by atoms with Gasteiger partial charge in [-0.2, -0.15) is 10.4 Å². The van der Waals surface area contributed by atoms with E-state index < -0.39 is 5.63 Å². The number of fused-ring (bicyclic) bond motifs is 1. The number of aryl methyl sites for hydroxylation is 1. The van der Waals surface area contributed by atoms with Crippen LogP contribution < -0.4 is 11.1 Å². The maximum atomic E-state index is 12.3. The van der Waals surface area contributed by atoms with Gasteiger partial charge < -0.3 is 4.42 Å². The van der Waals surface area contributed by atoms with Crippen LogP contribution in [0, 0.1) is 18.3 Å². The fourth-order valence-electron chi connectivity index (χ4n) is 2.62. The number of benzene rings is 2. The molecule has 0 atom stereocenters. The molecule has 0 saturated carbocycles. The Morgan fingerprint density at radius 3 is 2.79 bits per heavy atom. The van der Waals surface area contributed by atoms with Crippen molar-refractivity contribution in [2.24, 2.45) is 5.10 Å². The largest absolute Gasteiger partial charge is 0.422 e. The molecule has 0 bridgehead atoms. The molecule has 1 N–H and O–H groups in total. The van der Waals surface area contributed by atoms with Crippen LogP contribution in [0.4, 0.5) is 5.69 Å². The molecule has 2 aromatic carbocycles. The number of anilines is 1. The summed E-state index contributed by atoms with van der Waals surface area (Å²) in [4.78, 5) is 16.7. The SMILES string of the molecule is Cc1ccc(N/N=C(/C#N)c2nc(-c3cc4ccccc4oc3=O)cs2)cc1. The molecule has 28 heavy (non-hydrogen) atoms. The highest BCUT2D eigenvalue weighted by Gasteiger charge is 2.14. The normalized spacial score (nSPS) is 11.4. The van der Waals surface area contributed by atoms with Crippen LogP contribution in [0.5, 0.6) is 0 Å². The second-order valence-electron chi connectivity index (χ2n) is 6.07. The fraction of sp³-hybridized carbons (Fsp3) is 0.0476. The van der Waals surface area contributed by atoms with Crippen LogP contribution in [-0.2, 0) is 0 Å². The van der Waals surface area contributed by atoms with Crippen LogP contribution in [0.1, 0.15) is 10.6 Å². The Morgan fingerprint density at radius 1 is 1.21 bits per heavy atom. The first-order valence-electron chi connectivity index (χ1n) is 8.43. The van der Waals surface area contributed by atoms with E-state index in [9.17, 15) is 10.1 Å². The lowest BCUT2D eigenvalue weighted by molar-refractivity contribution is 0.563. The third-order valence-corrected chi connectivity index (χ3v) is 4.93. The van der Waals surface area contributed by atoms with Crippen molar-refractivity contribution in [1.29, 1.82) is 5.26 Å². The molecule has 2 heterocycles. The predicted molar refractivity (Wildman–Crippen MR) is 111 cm³/mol. The molecule has 136 valence electrons. The summed E-state index contributed by atoms with van der Waals surface area (Å²) >= 11 is 1.24. The van der Waals surface area contributed by atoms with Gasteiger partial charge in [0.1, 0.15) is 11.7 Å². The Labute approximate surface area is 164 Å². The summed E-state index contributed by atoms with van der Waals surface area (Å²) in [6.07, 6.45) is 0. The molecule has 0 saturated heterocycles. The van der Waals surface area contributed by atoms with E-state index in [-0.39, 0.29) is 5.71 Å². The monoisotopic (exact) mass is 386 g/mol. The molecule has 0 spiro atoms. The molecule has 0 aliphatic carbocycles. The first kappa shape index (κ1) is 17.6. The molecule has 0 amide bonds. The summed E-state index contributed by atoms with van der Waals surface area (Å²) in [7, 11) is 0. The van der Waals surface area contributed by atoms with Crippen molar-refractivity contribution >= 4 is 33.7 Å². The third kappa shape index (κ3) is 3.54. The summed E-state index contributed by atoms with van der Waals surface area (Å²) in [6.45, 7) is 1.99. The van der Waals surface area contributed by atoms with Crippen molar-refractivity contribution in [2.45, 2.75) is 6.92 Å². The lowest BCUT2D eigenvalue weighted by Gasteiger charge is -2.01. The molecule has 0 radical (unpaired) electrons. The quantitative estimate of drug-likeness (QED) is 0.315. The minimum Gasteiger partial charge on any atom is -0.422 e. The summed E-state index contributed by atoms with van der Waals surface area (Å²) < 4.78 is 5.36. The zero-order chi connectivity index (χ0) is 19.5. The number of nitrogens with zero attached hydrogens (tertiary/aromatic N) is 3. The molecule has 7 heteroatoms. The summed E-state index contributed by atoms with van der Waals surface area (Å²) in [5.74, 6) is 0. The highest BCUT2D eigenvalue weighted by Crippen LogP contribution is 2.23. The first-order chi connectivity index (χ1) is 13.6.